The van der Waals surface area contributed by atoms with Crippen LogP contribution in [0.5, 0.6) is 17.2 Å². The van der Waals surface area contributed by atoms with Gasteiger partial charge in [0.1, 0.15) is 24.8 Å². The van der Waals surface area contributed by atoms with Crippen molar-refractivity contribution in [3.8, 4) is 17.2 Å². The molecule has 3 aromatic carbocycles. The summed E-state index contributed by atoms with van der Waals surface area (Å²) in [5.74, 6) is 0.285. The maximum Gasteiger partial charge on any atom is 0.337 e. The van der Waals surface area contributed by atoms with Gasteiger partial charge in [0.15, 0.2) is 17.7 Å². The number of methoxy groups -OCH3 is 1. The molecule has 0 bridgehead atoms. The summed E-state index contributed by atoms with van der Waals surface area (Å²) in [5.41, 5.74) is 4.90. The Morgan fingerprint density at radius 2 is 1.91 bits per heavy atom. The number of aliphatic hydroxyl groups is 1. The standard InChI is InChI=1S/C31H31FI2N4O7/c1-4-43-25-12-18(28-27(30(40)42-3)17(2)36-31(41)37-28)9-10-24(25)44-16-26(39)38-35-14-20-11-21(33)13-23(34)29(20)45-15-19-7-5-6-8-22(19)32/h5-14,26,28,38-39H,4,15-16H2,1-3H3,(H2,36,37,41)/b35-14+/t26-,28+/m1/s1. The Bertz CT molecular complexity index is 1620. The van der Waals surface area contributed by atoms with Gasteiger partial charge in [-0.15, -0.1) is 0 Å². The molecule has 0 aromatic heterocycles. The second-order valence-electron chi connectivity index (χ2n) is 9.60. The van der Waals surface area contributed by atoms with E-state index in [9.17, 15) is 19.1 Å². The maximum absolute atomic E-state index is 14.1. The number of aliphatic hydroxyl groups excluding tert-OH is 1. The fourth-order valence-corrected chi connectivity index (χ4v) is 6.45. The van der Waals surface area contributed by atoms with Gasteiger partial charge >= 0.3 is 12.0 Å². The van der Waals surface area contributed by atoms with E-state index in [1.807, 2.05) is 12.1 Å². The fourth-order valence-electron chi connectivity index (χ4n) is 4.41. The molecule has 0 saturated carbocycles. The van der Waals surface area contributed by atoms with E-state index in [4.69, 9.17) is 18.9 Å². The molecule has 1 aliphatic rings. The minimum Gasteiger partial charge on any atom is -0.490 e. The number of amides is 2. The first-order valence-electron chi connectivity index (χ1n) is 13.7. The van der Waals surface area contributed by atoms with Crippen molar-refractivity contribution in [3.63, 3.8) is 0 Å². The van der Waals surface area contributed by atoms with E-state index in [-0.39, 0.29) is 24.6 Å². The van der Waals surface area contributed by atoms with Crippen LogP contribution in [0.1, 0.15) is 36.6 Å². The largest absolute Gasteiger partial charge is 0.490 e. The monoisotopic (exact) mass is 844 g/mol. The molecule has 0 aliphatic carbocycles. The number of benzene rings is 3. The lowest BCUT2D eigenvalue weighted by atomic mass is 9.95. The van der Waals surface area contributed by atoms with Gasteiger partial charge in [0.05, 0.1) is 35.1 Å². The van der Waals surface area contributed by atoms with Crippen LogP contribution in [0.2, 0.25) is 0 Å². The third-order valence-electron chi connectivity index (χ3n) is 6.47. The van der Waals surface area contributed by atoms with Crippen molar-refractivity contribution >= 4 is 63.4 Å². The minimum absolute atomic E-state index is 0.0405. The lowest BCUT2D eigenvalue weighted by Gasteiger charge is -2.28. The van der Waals surface area contributed by atoms with Crippen molar-refractivity contribution in [1.29, 1.82) is 0 Å². The summed E-state index contributed by atoms with van der Waals surface area (Å²) in [6.45, 7) is 3.60. The molecule has 238 valence electrons. The maximum atomic E-state index is 14.1. The van der Waals surface area contributed by atoms with Crippen molar-refractivity contribution in [2.24, 2.45) is 5.10 Å². The van der Waals surface area contributed by atoms with Crippen LogP contribution in [-0.4, -0.2) is 49.9 Å². The van der Waals surface area contributed by atoms with Gasteiger partial charge in [-0.25, -0.2) is 14.0 Å². The van der Waals surface area contributed by atoms with Gasteiger partial charge in [-0.2, -0.15) is 5.10 Å². The number of hydrogen-bond donors (Lipinski definition) is 4. The number of urea groups is 1. The first-order chi connectivity index (χ1) is 21.6. The molecule has 45 heavy (non-hydrogen) atoms. The molecule has 1 aliphatic heterocycles. The van der Waals surface area contributed by atoms with Gasteiger partial charge in [-0.3, -0.25) is 5.43 Å². The lowest BCUT2D eigenvalue weighted by Crippen LogP contribution is -2.45. The van der Waals surface area contributed by atoms with Crippen molar-refractivity contribution in [1.82, 2.24) is 16.1 Å². The second-order valence-corrected chi connectivity index (χ2v) is 12.0. The van der Waals surface area contributed by atoms with Gasteiger partial charge in [0.2, 0.25) is 0 Å². The summed E-state index contributed by atoms with van der Waals surface area (Å²) in [7, 11) is 1.27. The Hall–Kier alpha value is -3.64. The van der Waals surface area contributed by atoms with Crippen LogP contribution in [0, 0.1) is 13.0 Å². The molecule has 0 unspecified atom stereocenters. The van der Waals surface area contributed by atoms with Crippen LogP contribution in [0.3, 0.4) is 0 Å². The summed E-state index contributed by atoms with van der Waals surface area (Å²) >= 11 is 4.33. The van der Waals surface area contributed by atoms with E-state index >= 15 is 0 Å². The number of rotatable bonds is 13. The zero-order chi connectivity index (χ0) is 32.5. The number of nitrogens with one attached hydrogen (secondary N) is 3. The number of hydrazone groups is 1. The van der Waals surface area contributed by atoms with Gasteiger partial charge in [0, 0.05) is 20.4 Å². The molecular formula is C31H31FI2N4O7. The molecule has 3 aromatic rings. The Morgan fingerprint density at radius 1 is 1.13 bits per heavy atom. The second kappa shape index (κ2) is 16.1. The lowest BCUT2D eigenvalue weighted by molar-refractivity contribution is -0.136. The molecule has 1 heterocycles. The molecule has 0 spiro atoms. The molecule has 0 fully saturated rings. The SMILES string of the molecule is CCOc1cc([C@@H]2NC(=O)NC(C)=C2C(=O)OC)ccc1OC[C@@H](O)N/N=C/c1cc(I)cc(I)c1OCc1ccccc1F. The number of ether oxygens (including phenoxy) is 4. The third kappa shape index (κ3) is 8.97. The van der Waals surface area contributed by atoms with Crippen LogP contribution >= 0.6 is 45.2 Å². The summed E-state index contributed by atoms with van der Waals surface area (Å²) in [6, 6.07) is 13.9. The van der Waals surface area contributed by atoms with Crippen LogP contribution in [0.25, 0.3) is 0 Å². The van der Waals surface area contributed by atoms with E-state index in [0.717, 1.165) is 7.14 Å². The van der Waals surface area contributed by atoms with Gasteiger partial charge in [-0.1, -0.05) is 24.3 Å². The van der Waals surface area contributed by atoms with E-state index in [2.05, 4.69) is 66.3 Å². The predicted octanol–water partition coefficient (Wildman–Crippen LogP) is 5.13. The number of carbonyl (C=O) groups excluding carboxylic acids is 2. The van der Waals surface area contributed by atoms with Crippen molar-refractivity contribution in [2.45, 2.75) is 32.7 Å². The third-order valence-corrected chi connectivity index (χ3v) is 7.89. The molecule has 2 atom stereocenters. The summed E-state index contributed by atoms with van der Waals surface area (Å²) in [5, 5.41) is 20.0. The number of esters is 1. The molecule has 4 N–H and O–H groups in total. The topological polar surface area (TPSA) is 140 Å². The smallest absolute Gasteiger partial charge is 0.337 e. The Balaban J connectivity index is 1.43. The molecule has 0 saturated heterocycles. The Morgan fingerprint density at radius 3 is 2.64 bits per heavy atom. The fraction of sp³-hybridized carbons (Fsp3) is 0.258. The average molecular weight is 844 g/mol. The van der Waals surface area contributed by atoms with Crippen LogP contribution in [0.15, 0.2) is 71.0 Å². The van der Waals surface area contributed by atoms with Crippen LogP contribution in [-0.2, 0) is 16.1 Å². The molecule has 14 heteroatoms. The quantitative estimate of drug-likeness (QED) is 0.0611. The summed E-state index contributed by atoms with van der Waals surface area (Å²) in [6.07, 6.45) is 0.312. The number of carbonyl (C=O) groups is 2. The summed E-state index contributed by atoms with van der Waals surface area (Å²) < 4.78 is 38.3. The number of allylic oxidation sites excluding steroid dienone is 1. The predicted molar refractivity (Wildman–Crippen MR) is 182 cm³/mol. The molecular weight excluding hydrogens is 813 g/mol. The zero-order valence-electron chi connectivity index (χ0n) is 24.5. The number of halogens is 3. The highest BCUT2D eigenvalue weighted by Gasteiger charge is 2.32. The van der Waals surface area contributed by atoms with E-state index < -0.39 is 24.3 Å². The number of hydrogen-bond acceptors (Lipinski definition) is 9. The van der Waals surface area contributed by atoms with Gasteiger partial charge in [-0.05, 0) is 94.9 Å². The van der Waals surface area contributed by atoms with Crippen LogP contribution < -0.4 is 30.3 Å². The average Bonchev–Trinajstić information content (AvgIpc) is 3.00. The Labute approximate surface area is 286 Å². The van der Waals surface area contributed by atoms with Gasteiger partial charge in [0.25, 0.3) is 0 Å². The molecule has 2 amide bonds. The van der Waals surface area contributed by atoms with E-state index in [1.54, 1.807) is 50.2 Å². The minimum atomic E-state index is -1.19. The van der Waals surface area contributed by atoms with Crippen molar-refractivity contribution in [2.75, 3.05) is 20.3 Å². The normalized spacial score (nSPS) is 15.3. The molecule has 11 nitrogen and oxygen atoms in total. The first kappa shape index (κ1) is 34.2. The van der Waals surface area contributed by atoms with E-state index in [0.29, 0.717) is 46.2 Å². The zero-order valence-corrected chi connectivity index (χ0v) is 28.8. The van der Waals surface area contributed by atoms with Crippen molar-refractivity contribution < 1.29 is 38.0 Å². The molecule has 4 rings (SSSR count). The van der Waals surface area contributed by atoms with Crippen molar-refractivity contribution in [3.05, 3.63) is 95.5 Å². The molecule has 0 radical (unpaired) electrons. The van der Waals surface area contributed by atoms with Gasteiger partial charge < -0.3 is 34.7 Å². The Kier molecular flexibility index (Phi) is 12.2. The van der Waals surface area contributed by atoms with Crippen LogP contribution in [0.4, 0.5) is 9.18 Å². The highest BCUT2D eigenvalue weighted by molar-refractivity contribution is 14.1. The number of nitrogens with zero attached hydrogens (tertiary/aromatic N) is 1. The summed E-state index contributed by atoms with van der Waals surface area (Å²) in [4.78, 5) is 24.6. The highest BCUT2D eigenvalue weighted by atomic mass is 127. The highest BCUT2D eigenvalue weighted by Crippen LogP contribution is 2.35. The van der Waals surface area contributed by atoms with E-state index in [1.165, 1.54) is 19.4 Å². The first-order valence-corrected chi connectivity index (χ1v) is 15.8.